The molecule has 1 heterocycles. The van der Waals surface area contributed by atoms with E-state index in [1.54, 1.807) is 25.1 Å². The van der Waals surface area contributed by atoms with Gasteiger partial charge in [0.1, 0.15) is 5.82 Å². The van der Waals surface area contributed by atoms with Gasteiger partial charge >= 0.3 is 0 Å². The average molecular weight is 241 g/mol. The lowest BCUT2D eigenvalue weighted by molar-refractivity contribution is 0.355. The minimum Gasteiger partial charge on any atom is -0.396 e. The number of halogens is 1. The Kier molecular flexibility index (Phi) is 8.36. The molecular weight excluding hydrogens is 217 g/mol. The second-order valence-corrected chi connectivity index (χ2v) is 3.72. The Balaban J connectivity index is 0.000000278. The summed E-state index contributed by atoms with van der Waals surface area (Å²) in [6.07, 6.45) is 2.58. The zero-order chi connectivity index (χ0) is 13.3. The van der Waals surface area contributed by atoms with Gasteiger partial charge in [-0.15, -0.1) is 0 Å². The number of hydrogen-bond acceptors (Lipinski definition) is 3. The van der Waals surface area contributed by atoms with Crippen molar-refractivity contribution in [1.82, 2.24) is 5.01 Å². The second-order valence-electron chi connectivity index (χ2n) is 3.72. The average Bonchev–Trinajstić information content (AvgIpc) is 2.81. The molecule has 0 unspecified atom stereocenters. The fourth-order valence-electron chi connectivity index (χ4n) is 1.41. The van der Waals surface area contributed by atoms with Crippen LogP contribution in [0.1, 0.15) is 32.3 Å². The van der Waals surface area contributed by atoms with Crippen molar-refractivity contribution in [2.24, 2.45) is 5.84 Å². The van der Waals surface area contributed by atoms with E-state index in [9.17, 15) is 4.39 Å². The highest BCUT2D eigenvalue weighted by molar-refractivity contribution is 5.42. The van der Waals surface area contributed by atoms with Crippen LogP contribution < -0.4 is 11.6 Å². The molecule has 0 radical (unpaired) electrons. The minimum atomic E-state index is -0.308. The Morgan fingerprint density at radius 2 is 1.71 bits per heavy atom. The smallest absolute Gasteiger partial charge is 0.148 e. The molecule has 0 saturated carbocycles. The number of rotatable bonds is 0. The van der Waals surface area contributed by atoms with Crippen LogP contribution in [0.5, 0.6) is 0 Å². The number of benzene rings is 1. The molecular formula is C13H24FN3. The predicted molar refractivity (Wildman–Crippen MR) is 71.9 cm³/mol. The number of nitrogens with zero attached hydrogens (tertiary/aromatic N) is 1. The van der Waals surface area contributed by atoms with Crippen molar-refractivity contribution < 1.29 is 4.39 Å². The van der Waals surface area contributed by atoms with Crippen molar-refractivity contribution in [3.8, 4) is 0 Å². The van der Waals surface area contributed by atoms with Crippen LogP contribution in [-0.2, 0) is 0 Å². The third-order valence-electron chi connectivity index (χ3n) is 2.36. The molecule has 3 nitrogen and oxygen atoms in total. The van der Waals surface area contributed by atoms with E-state index in [2.05, 4.69) is 0 Å². The Morgan fingerprint density at radius 3 is 2.00 bits per heavy atom. The maximum absolute atomic E-state index is 12.6. The molecule has 17 heavy (non-hydrogen) atoms. The summed E-state index contributed by atoms with van der Waals surface area (Å²) in [6.45, 7) is 7.88. The van der Waals surface area contributed by atoms with Crippen LogP contribution in [0.25, 0.3) is 0 Å². The number of nitrogen functional groups attached to an aromatic ring is 1. The number of hydrogen-bond donors (Lipinski definition) is 2. The molecule has 0 atom stereocenters. The van der Waals surface area contributed by atoms with Crippen LogP contribution in [0.15, 0.2) is 18.2 Å². The van der Waals surface area contributed by atoms with Gasteiger partial charge in [-0.25, -0.2) is 9.40 Å². The molecule has 0 amide bonds. The van der Waals surface area contributed by atoms with E-state index < -0.39 is 0 Å². The summed E-state index contributed by atoms with van der Waals surface area (Å²) < 4.78 is 12.6. The zero-order valence-electron chi connectivity index (χ0n) is 11.0. The van der Waals surface area contributed by atoms with E-state index in [1.807, 2.05) is 18.9 Å². The topological polar surface area (TPSA) is 55.3 Å². The summed E-state index contributed by atoms with van der Waals surface area (Å²) in [5.74, 6) is 5.06. The molecule has 1 aromatic carbocycles. The number of aryl methyl sites for hydroxylation is 1. The van der Waals surface area contributed by atoms with E-state index >= 15 is 0 Å². The van der Waals surface area contributed by atoms with Gasteiger partial charge in [0.2, 0.25) is 0 Å². The van der Waals surface area contributed by atoms with Crippen LogP contribution in [0.3, 0.4) is 0 Å². The molecule has 4 N–H and O–H groups in total. The third-order valence-corrected chi connectivity index (χ3v) is 2.36. The normalized spacial score (nSPS) is 14.4. The first-order chi connectivity index (χ1) is 8.11. The largest absolute Gasteiger partial charge is 0.396 e. The predicted octanol–water partition coefficient (Wildman–Crippen LogP) is 2.70. The molecule has 0 aliphatic carbocycles. The van der Waals surface area contributed by atoms with Crippen LogP contribution >= 0.6 is 0 Å². The van der Waals surface area contributed by atoms with Crippen molar-refractivity contribution in [2.45, 2.75) is 33.6 Å². The second kappa shape index (κ2) is 8.96. The van der Waals surface area contributed by atoms with Gasteiger partial charge in [0.05, 0.1) is 5.69 Å². The zero-order valence-corrected chi connectivity index (χ0v) is 11.0. The molecule has 2 rings (SSSR count). The van der Waals surface area contributed by atoms with Crippen molar-refractivity contribution in [3.05, 3.63) is 29.6 Å². The molecule has 1 saturated heterocycles. The molecule has 0 spiro atoms. The first-order valence-corrected chi connectivity index (χ1v) is 6.11. The molecule has 1 aliphatic heterocycles. The molecule has 1 fully saturated rings. The van der Waals surface area contributed by atoms with Gasteiger partial charge in [-0.3, -0.25) is 5.84 Å². The van der Waals surface area contributed by atoms with Crippen LogP contribution in [0.4, 0.5) is 10.1 Å². The van der Waals surface area contributed by atoms with Gasteiger partial charge in [0.15, 0.2) is 0 Å². The molecule has 4 heteroatoms. The molecule has 1 aromatic rings. The van der Waals surface area contributed by atoms with Crippen LogP contribution in [0.2, 0.25) is 0 Å². The van der Waals surface area contributed by atoms with Gasteiger partial charge in [0.25, 0.3) is 0 Å². The molecule has 0 aromatic heterocycles. The number of nitrogens with two attached hydrogens (primary N) is 2. The summed E-state index contributed by atoms with van der Waals surface area (Å²) in [7, 11) is 0. The van der Waals surface area contributed by atoms with Crippen molar-refractivity contribution >= 4 is 5.69 Å². The lowest BCUT2D eigenvalue weighted by Gasteiger charge is -2.01. The van der Waals surface area contributed by atoms with Crippen LogP contribution in [-0.4, -0.2) is 18.1 Å². The summed E-state index contributed by atoms with van der Waals surface area (Å²) in [5.41, 5.74) is 6.06. The monoisotopic (exact) mass is 241 g/mol. The van der Waals surface area contributed by atoms with E-state index in [4.69, 9.17) is 11.6 Å². The minimum absolute atomic E-state index is 0.218. The molecule has 1 aliphatic rings. The summed E-state index contributed by atoms with van der Waals surface area (Å²) in [6, 6.07) is 4.96. The third kappa shape index (κ3) is 6.24. The van der Waals surface area contributed by atoms with Gasteiger partial charge in [0, 0.05) is 13.1 Å². The van der Waals surface area contributed by atoms with Gasteiger partial charge < -0.3 is 5.73 Å². The Morgan fingerprint density at radius 1 is 1.18 bits per heavy atom. The fraction of sp³-hybridized carbons (Fsp3) is 0.538. The molecule has 98 valence electrons. The lowest BCUT2D eigenvalue weighted by atomic mass is 10.2. The number of anilines is 1. The fourth-order valence-corrected chi connectivity index (χ4v) is 1.41. The van der Waals surface area contributed by atoms with Gasteiger partial charge in [-0.05, 0) is 31.4 Å². The SMILES string of the molecule is CC.Cc1cccc(N)c1F.NN1CCCC1. The maximum atomic E-state index is 12.6. The quantitative estimate of drug-likeness (QED) is 0.542. The first-order valence-electron chi connectivity index (χ1n) is 6.11. The summed E-state index contributed by atoms with van der Waals surface area (Å²) in [4.78, 5) is 0. The molecule has 0 bridgehead atoms. The van der Waals surface area contributed by atoms with E-state index in [0.29, 0.717) is 5.56 Å². The van der Waals surface area contributed by atoms with E-state index in [1.165, 1.54) is 12.8 Å². The van der Waals surface area contributed by atoms with E-state index in [0.717, 1.165) is 13.1 Å². The van der Waals surface area contributed by atoms with Crippen molar-refractivity contribution in [1.29, 1.82) is 0 Å². The highest BCUT2D eigenvalue weighted by Crippen LogP contribution is 2.12. The highest BCUT2D eigenvalue weighted by Gasteiger charge is 2.04. The van der Waals surface area contributed by atoms with Gasteiger partial charge in [-0.2, -0.15) is 0 Å². The Bertz CT molecular complexity index is 289. The first kappa shape index (κ1) is 15.9. The lowest BCUT2D eigenvalue weighted by Crippen LogP contribution is -2.26. The van der Waals surface area contributed by atoms with Gasteiger partial charge in [-0.1, -0.05) is 26.0 Å². The highest BCUT2D eigenvalue weighted by atomic mass is 19.1. The van der Waals surface area contributed by atoms with E-state index in [-0.39, 0.29) is 11.5 Å². The maximum Gasteiger partial charge on any atom is 0.148 e. The number of hydrazine groups is 1. The Labute approximate surface area is 104 Å². The Hall–Kier alpha value is -1.13. The van der Waals surface area contributed by atoms with Crippen molar-refractivity contribution in [3.63, 3.8) is 0 Å². The van der Waals surface area contributed by atoms with Crippen molar-refractivity contribution in [2.75, 3.05) is 18.8 Å². The van der Waals surface area contributed by atoms with Crippen LogP contribution in [0, 0.1) is 12.7 Å². The standard InChI is InChI=1S/C7H8FN.C4H10N2.C2H6/c1-5-3-2-4-6(9)7(5)8;5-6-3-1-2-4-6;1-2/h2-4H,9H2,1H3;1-5H2;1-2H3. The summed E-state index contributed by atoms with van der Waals surface area (Å²) >= 11 is 0. The summed E-state index contributed by atoms with van der Waals surface area (Å²) in [5, 5.41) is 1.86.